The zero-order valence-electron chi connectivity index (χ0n) is 17.2. The summed E-state index contributed by atoms with van der Waals surface area (Å²) in [6, 6.07) is 39.0. The van der Waals surface area contributed by atoms with Crippen LogP contribution >= 0.6 is 0 Å². The topological polar surface area (TPSA) is 36.3 Å². The number of hydrogen-bond acceptors (Lipinski definition) is 3. The first-order chi connectivity index (χ1) is 15.8. The van der Waals surface area contributed by atoms with Gasteiger partial charge in [0.25, 0.3) is 0 Å². The van der Waals surface area contributed by atoms with Crippen molar-refractivity contribution in [1.29, 1.82) is 5.26 Å². The Morgan fingerprint density at radius 2 is 1.25 bits per heavy atom. The van der Waals surface area contributed by atoms with Gasteiger partial charge in [-0.25, -0.2) is 0 Å². The summed E-state index contributed by atoms with van der Waals surface area (Å²) >= 11 is 0. The zero-order chi connectivity index (χ0) is 21.5. The number of rotatable bonds is 2. The molecule has 0 amide bonds. The third-order valence-electron chi connectivity index (χ3n) is 5.89. The lowest BCUT2D eigenvalue weighted by molar-refractivity contribution is 0.477. The van der Waals surface area contributed by atoms with Crippen LogP contribution < -0.4 is 9.64 Å². The third-order valence-corrected chi connectivity index (χ3v) is 5.89. The molecular weight excluding hydrogens is 392 g/mol. The van der Waals surface area contributed by atoms with Gasteiger partial charge in [0.2, 0.25) is 0 Å². The summed E-state index contributed by atoms with van der Waals surface area (Å²) < 4.78 is 6.12. The maximum absolute atomic E-state index is 9.64. The normalized spacial score (nSPS) is 11.9. The van der Waals surface area contributed by atoms with E-state index in [1.165, 1.54) is 0 Å². The van der Waals surface area contributed by atoms with E-state index in [2.05, 4.69) is 65.6 Å². The highest BCUT2D eigenvalue weighted by Gasteiger charge is 2.25. The fourth-order valence-electron chi connectivity index (χ4n) is 4.45. The average Bonchev–Trinajstić information content (AvgIpc) is 2.86. The molecule has 0 unspecified atom stereocenters. The van der Waals surface area contributed by atoms with Crippen LogP contribution in [-0.4, -0.2) is 0 Å². The SMILES string of the molecule is N#Cc1cccc2cccc(-c3ccc(N4c5ccccc5Oc5ccccc54)cc3)c12. The number of nitrogens with zero attached hydrogens (tertiary/aromatic N) is 2. The molecule has 0 fully saturated rings. The zero-order valence-corrected chi connectivity index (χ0v) is 17.2. The molecule has 3 heteroatoms. The fourth-order valence-corrected chi connectivity index (χ4v) is 4.45. The molecule has 3 nitrogen and oxygen atoms in total. The molecule has 1 aliphatic heterocycles. The summed E-state index contributed by atoms with van der Waals surface area (Å²) in [5.74, 6) is 1.67. The standard InChI is InChI=1S/C29H18N2O/c30-19-22-9-5-7-21-8-6-10-24(29(21)22)20-15-17-23(18-16-20)31-25-11-1-3-13-27(25)32-28-14-4-2-12-26(28)31/h1-18H. The predicted molar refractivity (Wildman–Crippen MR) is 129 cm³/mol. The second-order valence-electron chi connectivity index (χ2n) is 7.74. The van der Waals surface area contributed by atoms with Gasteiger partial charge in [-0.1, -0.05) is 66.7 Å². The molecule has 0 saturated heterocycles. The van der Waals surface area contributed by atoms with Crippen molar-refractivity contribution < 1.29 is 4.74 Å². The van der Waals surface area contributed by atoms with E-state index in [0.29, 0.717) is 5.56 Å². The van der Waals surface area contributed by atoms with Gasteiger partial charge in [-0.2, -0.15) is 5.26 Å². The van der Waals surface area contributed by atoms with Crippen LogP contribution in [0.2, 0.25) is 0 Å². The van der Waals surface area contributed by atoms with Gasteiger partial charge in [-0.05, 0) is 59.0 Å². The Labute approximate surface area is 186 Å². The highest BCUT2D eigenvalue weighted by Crippen LogP contribution is 2.50. The highest BCUT2D eigenvalue weighted by molar-refractivity contribution is 6.00. The molecule has 32 heavy (non-hydrogen) atoms. The van der Waals surface area contributed by atoms with Gasteiger partial charge in [-0.3, -0.25) is 0 Å². The molecular formula is C29H18N2O. The van der Waals surface area contributed by atoms with Crippen LogP contribution in [0.15, 0.2) is 109 Å². The van der Waals surface area contributed by atoms with Crippen LogP contribution in [0.3, 0.4) is 0 Å². The van der Waals surface area contributed by atoms with Crippen molar-refractivity contribution in [1.82, 2.24) is 0 Å². The van der Waals surface area contributed by atoms with Crippen LogP contribution in [0.1, 0.15) is 5.56 Å². The summed E-state index contributed by atoms with van der Waals surface area (Å²) in [5.41, 5.74) is 5.91. The Hall–Kier alpha value is -4.55. The van der Waals surface area contributed by atoms with Crippen LogP contribution in [0.25, 0.3) is 21.9 Å². The van der Waals surface area contributed by atoms with Crippen molar-refractivity contribution in [3.63, 3.8) is 0 Å². The summed E-state index contributed by atoms with van der Waals surface area (Å²) in [6.07, 6.45) is 0. The lowest BCUT2D eigenvalue weighted by Gasteiger charge is -2.32. The van der Waals surface area contributed by atoms with Crippen molar-refractivity contribution >= 4 is 27.8 Å². The Kier molecular flexibility index (Phi) is 4.16. The van der Waals surface area contributed by atoms with E-state index in [-0.39, 0.29) is 0 Å². The van der Waals surface area contributed by atoms with Gasteiger partial charge in [0.1, 0.15) is 0 Å². The van der Waals surface area contributed by atoms with Gasteiger partial charge in [0, 0.05) is 11.1 Å². The summed E-state index contributed by atoms with van der Waals surface area (Å²) in [4.78, 5) is 2.22. The molecule has 0 bridgehead atoms. The monoisotopic (exact) mass is 410 g/mol. The predicted octanol–water partition coefficient (Wildman–Crippen LogP) is 7.95. The van der Waals surface area contributed by atoms with E-state index in [9.17, 15) is 5.26 Å². The lowest BCUT2D eigenvalue weighted by Crippen LogP contribution is -2.15. The molecule has 5 aromatic rings. The number of hydrogen-bond donors (Lipinski definition) is 0. The van der Waals surface area contributed by atoms with Crippen molar-refractivity contribution in [2.75, 3.05) is 4.90 Å². The molecule has 5 aromatic carbocycles. The molecule has 1 aliphatic rings. The molecule has 0 atom stereocenters. The van der Waals surface area contributed by atoms with Crippen molar-refractivity contribution in [2.24, 2.45) is 0 Å². The number of para-hydroxylation sites is 4. The minimum atomic E-state index is 0.693. The number of anilines is 3. The van der Waals surface area contributed by atoms with E-state index >= 15 is 0 Å². The van der Waals surface area contributed by atoms with Crippen molar-refractivity contribution in [2.45, 2.75) is 0 Å². The first kappa shape index (κ1) is 18.2. The van der Waals surface area contributed by atoms with Gasteiger partial charge >= 0.3 is 0 Å². The smallest absolute Gasteiger partial charge is 0.151 e. The third kappa shape index (κ3) is 2.82. The second-order valence-corrected chi connectivity index (χ2v) is 7.74. The highest BCUT2D eigenvalue weighted by atomic mass is 16.5. The molecule has 1 heterocycles. The van der Waals surface area contributed by atoms with Crippen LogP contribution in [-0.2, 0) is 0 Å². The number of fused-ring (bicyclic) bond motifs is 3. The number of benzene rings is 5. The van der Waals surface area contributed by atoms with Crippen LogP contribution in [0, 0.1) is 11.3 Å². The molecule has 0 spiro atoms. The Balaban J connectivity index is 1.49. The van der Waals surface area contributed by atoms with E-state index in [0.717, 1.165) is 50.5 Å². The second kappa shape index (κ2) is 7.30. The van der Waals surface area contributed by atoms with Gasteiger partial charge < -0.3 is 9.64 Å². The Morgan fingerprint density at radius 1 is 0.625 bits per heavy atom. The molecule has 0 aliphatic carbocycles. The minimum absolute atomic E-state index is 0.693. The minimum Gasteiger partial charge on any atom is -0.453 e. The lowest BCUT2D eigenvalue weighted by atomic mass is 9.95. The Bertz CT molecular complexity index is 1460. The van der Waals surface area contributed by atoms with Gasteiger partial charge in [0.05, 0.1) is 23.0 Å². The first-order valence-electron chi connectivity index (χ1n) is 10.5. The van der Waals surface area contributed by atoms with Crippen LogP contribution in [0.5, 0.6) is 11.5 Å². The molecule has 150 valence electrons. The number of nitriles is 1. The fraction of sp³-hybridized carbons (Fsp3) is 0. The quantitative estimate of drug-likeness (QED) is 0.290. The Morgan fingerprint density at radius 3 is 1.91 bits per heavy atom. The van der Waals surface area contributed by atoms with E-state index in [1.807, 2.05) is 54.6 Å². The molecule has 6 rings (SSSR count). The maximum atomic E-state index is 9.64. The summed E-state index contributed by atoms with van der Waals surface area (Å²) in [6.45, 7) is 0. The van der Waals surface area contributed by atoms with E-state index < -0.39 is 0 Å². The molecule has 0 N–H and O–H groups in total. The van der Waals surface area contributed by atoms with Crippen molar-refractivity contribution in [3.05, 3.63) is 115 Å². The molecule has 0 radical (unpaired) electrons. The molecule has 0 aromatic heterocycles. The van der Waals surface area contributed by atoms with Gasteiger partial charge in [0.15, 0.2) is 11.5 Å². The molecule has 0 saturated carbocycles. The van der Waals surface area contributed by atoms with E-state index in [4.69, 9.17) is 4.74 Å². The number of ether oxygens (including phenoxy) is 1. The van der Waals surface area contributed by atoms with E-state index in [1.54, 1.807) is 0 Å². The summed E-state index contributed by atoms with van der Waals surface area (Å²) in [7, 11) is 0. The van der Waals surface area contributed by atoms with Crippen molar-refractivity contribution in [3.8, 4) is 28.7 Å². The first-order valence-corrected chi connectivity index (χ1v) is 10.5. The van der Waals surface area contributed by atoms with Crippen LogP contribution in [0.4, 0.5) is 17.1 Å². The maximum Gasteiger partial charge on any atom is 0.151 e. The van der Waals surface area contributed by atoms with Gasteiger partial charge in [-0.15, -0.1) is 0 Å². The average molecular weight is 410 g/mol. The largest absolute Gasteiger partial charge is 0.453 e. The summed E-state index contributed by atoms with van der Waals surface area (Å²) in [5, 5.41) is 11.7.